The van der Waals surface area contributed by atoms with Crippen LogP contribution in [0.25, 0.3) is 10.9 Å². The maximum atomic E-state index is 12.3. The van der Waals surface area contributed by atoms with Gasteiger partial charge in [-0.1, -0.05) is 36.6 Å². The van der Waals surface area contributed by atoms with E-state index in [9.17, 15) is 9.59 Å². The molecule has 0 atom stereocenters. The Morgan fingerprint density at radius 3 is 2.38 bits per heavy atom. The Hall–Kier alpha value is -2.92. The van der Waals surface area contributed by atoms with E-state index in [1.165, 1.54) is 4.90 Å². The number of anilines is 1. The number of benzene rings is 2. The summed E-state index contributed by atoms with van der Waals surface area (Å²) in [6.07, 6.45) is 5.62. The van der Waals surface area contributed by atoms with Crippen molar-refractivity contribution < 1.29 is 9.59 Å². The number of imide groups is 1. The summed E-state index contributed by atoms with van der Waals surface area (Å²) in [6.45, 7) is 1.34. The summed E-state index contributed by atoms with van der Waals surface area (Å²) in [7, 11) is 0. The molecule has 1 aromatic heterocycles. The van der Waals surface area contributed by atoms with Crippen molar-refractivity contribution in [3.8, 4) is 0 Å². The van der Waals surface area contributed by atoms with Gasteiger partial charge in [-0.25, -0.2) is 0 Å². The summed E-state index contributed by atoms with van der Waals surface area (Å²) in [6, 6.07) is 14.7. The number of fused-ring (bicyclic) bond motifs is 2. The number of aromatic nitrogens is 1. The largest absolute Gasteiger partial charge is 0.384 e. The minimum atomic E-state index is -0.170. The van der Waals surface area contributed by atoms with Crippen LogP contribution in [0.5, 0.6) is 0 Å². The van der Waals surface area contributed by atoms with E-state index < -0.39 is 0 Å². The van der Waals surface area contributed by atoms with Gasteiger partial charge >= 0.3 is 0 Å². The maximum absolute atomic E-state index is 12.3. The maximum Gasteiger partial charge on any atom is 0.261 e. The van der Waals surface area contributed by atoms with Crippen molar-refractivity contribution in [1.82, 2.24) is 9.88 Å². The fourth-order valence-electron chi connectivity index (χ4n) is 3.69. The molecule has 0 radical (unpaired) electrons. The average Bonchev–Trinajstić information content (AvgIpc) is 2.97. The molecule has 1 aliphatic rings. The minimum absolute atomic E-state index is 0.170. The van der Waals surface area contributed by atoms with Crippen molar-refractivity contribution in [2.75, 3.05) is 18.4 Å². The molecular weight excluding hydrogens is 386 g/mol. The van der Waals surface area contributed by atoms with Crippen molar-refractivity contribution in [2.45, 2.75) is 25.7 Å². The van der Waals surface area contributed by atoms with Gasteiger partial charge < -0.3 is 5.32 Å². The van der Waals surface area contributed by atoms with Crippen molar-refractivity contribution in [3.05, 3.63) is 70.9 Å². The van der Waals surface area contributed by atoms with Crippen LogP contribution in [0.4, 0.5) is 5.69 Å². The second-order valence-corrected chi connectivity index (χ2v) is 7.60. The predicted octanol–water partition coefficient (Wildman–Crippen LogP) is 5.16. The van der Waals surface area contributed by atoms with Gasteiger partial charge in [-0.2, -0.15) is 0 Å². The molecule has 0 saturated heterocycles. The summed E-state index contributed by atoms with van der Waals surface area (Å²) in [5.74, 6) is -0.339. The summed E-state index contributed by atoms with van der Waals surface area (Å²) in [5.41, 5.74) is 2.97. The highest BCUT2D eigenvalue weighted by Crippen LogP contribution is 2.25. The van der Waals surface area contributed by atoms with E-state index in [0.717, 1.165) is 48.8 Å². The zero-order valence-electron chi connectivity index (χ0n) is 16.0. The summed E-state index contributed by atoms with van der Waals surface area (Å²) >= 11 is 6.03. The average molecular weight is 408 g/mol. The molecule has 29 heavy (non-hydrogen) atoms. The van der Waals surface area contributed by atoms with Gasteiger partial charge in [0.1, 0.15) is 0 Å². The van der Waals surface area contributed by atoms with Crippen LogP contribution >= 0.6 is 11.6 Å². The number of hydrogen-bond acceptors (Lipinski definition) is 4. The van der Waals surface area contributed by atoms with E-state index in [2.05, 4.69) is 10.3 Å². The third-order valence-corrected chi connectivity index (χ3v) is 5.44. The quantitative estimate of drug-likeness (QED) is 0.414. The zero-order valence-corrected chi connectivity index (χ0v) is 16.8. The molecule has 6 heteroatoms. The van der Waals surface area contributed by atoms with Gasteiger partial charge in [0.15, 0.2) is 0 Å². The van der Waals surface area contributed by atoms with Crippen molar-refractivity contribution in [2.24, 2.45) is 0 Å². The van der Waals surface area contributed by atoms with Crippen LogP contribution in [-0.4, -0.2) is 34.8 Å². The lowest BCUT2D eigenvalue weighted by atomic mass is 10.1. The standard InChI is InChI=1S/C23H22ClN3O2/c24-16-9-10-19-20(11-13-26-21(19)15-16)25-12-5-1-2-6-14-27-22(28)17-7-3-4-8-18(17)23(27)29/h3-4,7-11,13,15H,1-2,5-6,12,14H2,(H,25,26). The first-order valence-electron chi connectivity index (χ1n) is 9.88. The van der Waals surface area contributed by atoms with Crippen LogP contribution in [0.1, 0.15) is 46.4 Å². The second-order valence-electron chi connectivity index (χ2n) is 7.17. The van der Waals surface area contributed by atoms with E-state index in [0.29, 0.717) is 22.7 Å². The third kappa shape index (κ3) is 4.10. The smallest absolute Gasteiger partial charge is 0.261 e. The Balaban J connectivity index is 1.20. The topological polar surface area (TPSA) is 62.3 Å². The lowest BCUT2D eigenvalue weighted by Crippen LogP contribution is -2.30. The molecule has 0 saturated carbocycles. The molecule has 0 spiro atoms. The molecule has 0 unspecified atom stereocenters. The molecular formula is C23H22ClN3O2. The molecule has 2 heterocycles. The number of carbonyl (C=O) groups is 2. The first-order valence-corrected chi connectivity index (χ1v) is 10.3. The SMILES string of the molecule is O=C1c2ccccc2C(=O)N1CCCCCCNc1ccnc2cc(Cl)ccc12. The Kier molecular flexibility index (Phi) is 5.76. The predicted molar refractivity (Wildman–Crippen MR) is 116 cm³/mol. The van der Waals surface area contributed by atoms with Crippen molar-refractivity contribution in [1.29, 1.82) is 0 Å². The number of unbranched alkanes of at least 4 members (excludes halogenated alkanes) is 3. The lowest BCUT2D eigenvalue weighted by Gasteiger charge is -2.13. The third-order valence-electron chi connectivity index (χ3n) is 5.21. The Labute approximate surface area is 174 Å². The molecule has 5 nitrogen and oxygen atoms in total. The monoisotopic (exact) mass is 407 g/mol. The van der Waals surface area contributed by atoms with Crippen molar-refractivity contribution in [3.63, 3.8) is 0 Å². The van der Waals surface area contributed by atoms with Gasteiger partial charge in [0.2, 0.25) is 0 Å². The van der Waals surface area contributed by atoms with Gasteiger partial charge in [0.05, 0.1) is 16.6 Å². The van der Waals surface area contributed by atoms with Gasteiger partial charge in [-0.05, 0) is 49.2 Å². The Morgan fingerprint density at radius 1 is 0.897 bits per heavy atom. The normalized spacial score (nSPS) is 13.2. The van der Waals surface area contributed by atoms with E-state index in [1.54, 1.807) is 30.5 Å². The lowest BCUT2D eigenvalue weighted by molar-refractivity contribution is 0.0651. The van der Waals surface area contributed by atoms with Gasteiger partial charge in [0.25, 0.3) is 11.8 Å². The summed E-state index contributed by atoms with van der Waals surface area (Å²) < 4.78 is 0. The van der Waals surface area contributed by atoms with Crippen LogP contribution in [-0.2, 0) is 0 Å². The molecule has 0 bridgehead atoms. The van der Waals surface area contributed by atoms with Crippen molar-refractivity contribution >= 4 is 40.0 Å². The number of pyridine rings is 1. The Bertz CT molecular complexity index is 1030. The highest BCUT2D eigenvalue weighted by molar-refractivity contribution is 6.31. The number of rotatable bonds is 8. The number of halogens is 1. The zero-order chi connectivity index (χ0) is 20.2. The van der Waals surface area contributed by atoms with Crippen LogP contribution in [0.15, 0.2) is 54.7 Å². The Morgan fingerprint density at radius 2 is 1.62 bits per heavy atom. The van der Waals surface area contributed by atoms with Gasteiger partial charge in [-0.3, -0.25) is 19.5 Å². The summed E-state index contributed by atoms with van der Waals surface area (Å²) in [5, 5.41) is 5.20. The number of carbonyl (C=O) groups excluding carboxylic acids is 2. The van der Waals surface area contributed by atoms with Crippen LogP contribution < -0.4 is 5.32 Å². The molecule has 4 rings (SSSR count). The molecule has 0 aliphatic carbocycles. The van der Waals surface area contributed by atoms with E-state index >= 15 is 0 Å². The number of hydrogen-bond donors (Lipinski definition) is 1. The van der Waals surface area contributed by atoms with E-state index in [-0.39, 0.29) is 11.8 Å². The number of nitrogens with zero attached hydrogens (tertiary/aromatic N) is 2. The van der Waals surface area contributed by atoms with Crippen LogP contribution in [0.3, 0.4) is 0 Å². The highest BCUT2D eigenvalue weighted by atomic mass is 35.5. The molecule has 1 aliphatic heterocycles. The fraction of sp³-hybridized carbons (Fsp3) is 0.261. The van der Waals surface area contributed by atoms with Crippen LogP contribution in [0.2, 0.25) is 5.02 Å². The first-order chi connectivity index (χ1) is 14.1. The second kappa shape index (κ2) is 8.62. The summed E-state index contributed by atoms with van der Waals surface area (Å²) in [4.78, 5) is 30.4. The number of amides is 2. The molecule has 148 valence electrons. The van der Waals surface area contributed by atoms with Crippen LogP contribution in [0, 0.1) is 0 Å². The first kappa shape index (κ1) is 19.4. The number of nitrogens with one attached hydrogen (secondary N) is 1. The molecule has 0 fully saturated rings. The molecule has 2 amide bonds. The van der Waals surface area contributed by atoms with Gasteiger partial charge in [-0.15, -0.1) is 0 Å². The minimum Gasteiger partial charge on any atom is -0.384 e. The van der Waals surface area contributed by atoms with E-state index in [4.69, 9.17) is 11.6 Å². The molecule has 3 aromatic rings. The highest BCUT2D eigenvalue weighted by Gasteiger charge is 2.34. The fourth-order valence-corrected chi connectivity index (χ4v) is 3.86. The molecule has 2 aromatic carbocycles. The van der Waals surface area contributed by atoms with E-state index in [1.807, 2.05) is 24.3 Å². The molecule has 1 N–H and O–H groups in total. The van der Waals surface area contributed by atoms with Gasteiger partial charge in [0, 0.05) is 35.4 Å².